The fourth-order valence-corrected chi connectivity index (χ4v) is 3.31. The van der Waals surface area contributed by atoms with Gasteiger partial charge in [-0.2, -0.15) is 0 Å². The second-order valence-corrected chi connectivity index (χ2v) is 7.24. The van der Waals surface area contributed by atoms with E-state index >= 15 is 0 Å². The molecule has 5 nitrogen and oxygen atoms in total. The van der Waals surface area contributed by atoms with Crippen molar-refractivity contribution in [1.29, 1.82) is 0 Å². The highest BCUT2D eigenvalue weighted by molar-refractivity contribution is 5.79. The lowest BCUT2D eigenvalue weighted by atomic mass is 10.00. The van der Waals surface area contributed by atoms with Gasteiger partial charge in [-0.05, 0) is 26.0 Å². The lowest BCUT2D eigenvalue weighted by Crippen LogP contribution is -2.49. The van der Waals surface area contributed by atoms with Crippen LogP contribution in [-0.4, -0.2) is 74.7 Å². The molecule has 1 atom stereocenters. The summed E-state index contributed by atoms with van der Waals surface area (Å²) in [5.74, 6) is 1.35. The van der Waals surface area contributed by atoms with Crippen LogP contribution in [0, 0.1) is 6.92 Å². The van der Waals surface area contributed by atoms with Crippen LogP contribution in [0.2, 0.25) is 0 Å². The molecule has 1 unspecified atom stereocenters. The first-order valence-corrected chi connectivity index (χ1v) is 10.2. The first-order chi connectivity index (χ1) is 12.6. The van der Waals surface area contributed by atoms with Gasteiger partial charge in [0, 0.05) is 58.3 Å². The first-order valence-electron chi connectivity index (χ1n) is 10.2. The quantitative estimate of drug-likeness (QED) is 0.552. The summed E-state index contributed by atoms with van der Waals surface area (Å²) in [5, 5.41) is 6.86. The lowest BCUT2D eigenvalue weighted by molar-refractivity contribution is 0.139. The number of guanidine groups is 1. The minimum absolute atomic E-state index is 0.424. The molecule has 146 valence electrons. The molecule has 0 aliphatic carbocycles. The Labute approximate surface area is 159 Å². The van der Waals surface area contributed by atoms with E-state index in [1.165, 1.54) is 43.9 Å². The highest BCUT2D eigenvalue weighted by Crippen LogP contribution is 2.16. The van der Waals surface area contributed by atoms with Crippen molar-refractivity contribution in [3.63, 3.8) is 0 Å². The van der Waals surface area contributed by atoms with E-state index in [4.69, 9.17) is 4.99 Å². The van der Waals surface area contributed by atoms with Crippen LogP contribution in [0.3, 0.4) is 0 Å². The third-order valence-electron chi connectivity index (χ3n) is 5.11. The monoisotopic (exact) mass is 359 g/mol. The summed E-state index contributed by atoms with van der Waals surface area (Å²) in [6, 6.07) is 8.73. The van der Waals surface area contributed by atoms with Crippen LogP contribution >= 0.6 is 0 Å². The summed E-state index contributed by atoms with van der Waals surface area (Å²) in [4.78, 5) is 9.85. The van der Waals surface area contributed by atoms with Gasteiger partial charge in [0.05, 0.1) is 0 Å². The van der Waals surface area contributed by atoms with Crippen molar-refractivity contribution >= 4 is 5.96 Å². The SMILES string of the molecule is CCNC(=NCC(C)c1cccc(C)c1)NCCN1CCN(CC)CC1. The zero-order valence-electron chi connectivity index (χ0n) is 17.1. The standard InChI is InChI=1S/C21H37N5/c1-5-22-21(23-10-11-26-14-12-25(6-2)13-15-26)24-17-19(4)20-9-7-8-18(3)16-20/h7-9,16,19H,5-6,10-15,17H2,1-4H3,(H2,22,23,24). The van der Waals surface area contributed by atoms with Crippen LogP contribution in [0.15, 0.2) is 29.3 Å². The Bertz CT molecular complexity index is 549. The normalized spacial score (nSPS) is 17.9. The van der Waals surface area contributed by atoms with Gasteiger partial charge in [-0.25, -0.2) is 0 Å². The minimum Gasteiger partial charge on any atom is -0.357 e. The van der Waals surface area contributed by atoms with Crippen molar-refractivity contribution in [3.05, 3.63) is 35.4 Å². The molecule has 0 aromatic heterocycles. The van der Waals surface area contributed by atoms with Crippen LogP contribution in [-0.2, 0) is 0 Å². The Kier molecular flexibility index (Phi) is 8.92. The molecule has 2 rings (SSSR count). The summed E-state index contributed by atoms with van der Waals surface area (Å²) >= 11 is 0. The van der Waals surface area contributed by atoms with Gasteiger partial charge >= 0.3 is 0 Å². The van der Waals surface area contributed by atoms with E-state index in [1.807, 2.05) is 0 Å². The molecule has 0 radical (unpaired) electrons. The summed E-state index contributed by atoms with van der Waals surface area (Å²) in [7, 11) is 0. The Hall–Kier alpha value is -1.59. The topological polar surface area (TPSA) is 42.9 Å². The van der Waals surface area contributed by atoms with Gasteiger partial charge < -0.3 is 15.5 Å². The smallest absolute Gasteiger partial charge is 0.191 e. The van der Waals surface area contributed by atoms with Crippen molar-refractivity contribution in [1.82, 2.24) is 20.4 Å². The van der Waals surface area contributed by atoms with E-state index in [9.17, 15) is 0 Å². The van der Waals surface area contributed by atoms with Crippen molar-refractivity contribution in [3.8, 4) is 0 Å². The molecular weight excluding hydrogens is 322 g/mol. The summed E-state index contributed by atoms with van der Waals surface area (Å²) in [5.41, 5.74) is 2.67. The number of likely N-dealkylation sites (N-methyl/N-ethyl adjacent to an activating group) is 1. The molecule has 2 N–H and O–H groups in total. The van der Waals surface area contributed by atoms with Crippen LogP contribution in [0.1, 0.15) is 37.8 Å². The number of nitrogens with one attached hydrogen (secondary N) is 2. The van der Waals surface area contributed by atoms with E-state index in [-0.39, 0.29) is 0 Å². The summed E-state index contributed by atoms with van der Waals surface area (Å²) in [6.45, 7) is 18.4. The molecule has 0 saturated carbocycles. The highest BCUT2D eigenvalue weighted by Gasteiger charge is 2.14. The largest absolute Gasteiger partial charge is 0.357 e. The maximum absolute atomic E-state index is 4.80. The maximum Gasteiger partial charge on any atom is 0.191 e. The molecule has 1 aliphatic heterocycles. The molecule has 0 amide bonds. The number of piperazine rings is 1. The Morgan fingerprint density at radius 3 is 2.50 bits per heavy atom. The molecule has 0 spiro atoms. The van der Waals surface area contributed by atoms with Gasteiger partial charge in [-0.3, -0.25) is 9.89 Å². The number of hydrogen-bond acceptors (Lipinski definition) is 3. The zero-order valence-corrected chi connectivity index (χ0v) is 17.1. The predicted octanol–water partition coefficient (Wildman–Crippen LogP) is 2.29. The van der Waals surface area contributed by atoms with Crippen LogP contribution < -0.4 is 10.6 Å². The molecular formula is C21H37N5. The zero-order chi connectivity index (χ0) is 18.8. The predicted molar refractivity (Wildman–Crippen MR) is 112 cm³/mol. The molecule has 0 bridgehead atoms. The summed E-state index contributed by atoms with van der Waals surface area (Å²) < 4.78 is 0. The Morgan fingerprint density at radius 1 is 1.12 bits per heavy atom. The number of aliphatic imine (C=N–C) groups is 1. The van der Waals surface area contributed by atoms with Crippen LogP contribution in [0.25, 0.3) is 0 Å². The van der Waals surface area contributed by atoms with Crippen LogP contribution in [0.5, 0.6) is 0 Å². The molecule has 1 aromatic carbocycles. The van der Waals surface area contributed by atoms with E-state index in [1.54, 1.807) is 0 Å². The molecule has 1 fully saturated rings. The number of benzene rings is 1. The average Bonchev–Trinajstić information content (AvgIpc) is 2.66. The third kappa shape index (κ3) is 6.96. The molecule has 26 heavy (non-hydrogen) atoms. The Morgan fingerprint density at radius 2 is 1.85 bits per heavy atom. The number of hydrogen-bond donors (Lipinski definition) is 2. The average molecular weight is 360 g/mol. The van der Waals surface area contributed by atoms with E-state index in [0.29, 0.717) is 5.92 Å². The van der Waals surface area contributed by atoms with Crippen molar-refractivity contribution in [2.45, 2.75) is 33.6 Å². The molecule has 1 saturated heterocycles. The number of aryl methyl sites for hydroxylation is 1. The van der Waals surface area contributed by atoms with E-state index in [0.717, 1.165) is 32.1 Å². The second kappa shape index (κ2) is 11.2. The van der Waals surface area contributed by atoms with Gasteiger partial charge in [-0.1, -0.05) is 43.7 Å². The first kappa shape index (κ1) is 20.7. The minimum atomic E-state index is 0.424. The van der Waals surface area contributed by atoms with E-state index in [2.05, 4.69) is 72.4 Å². The fraction of sp³-hybridized carbons (Fsp3) is 0.667. The Balaban J connectivity index is 1.77. The van der Waals surface area contributed by atoms with Crippen molar-refractivity contribution < 1.29 is 0 Å². The highest BCUT2D eigenvalue weighted by atomic mass is 15.3. The van der Waals surface area contributed by atoms with Crippen molar-refractivity contribution in [2.24, 2.45) is 4.99 Å². The van der Waals surface area contributed by atoms with E-state index < -0.39 is 0 Å². The molecule has 1 heterocycles. The second-order valence-electron chi connectivity index (χ2n) is 7.24. The molecule has 1 aromatic rings. The fourth-order valence-electron chi connectivity index (χ4n) is 3.31. The number of rotatable bonds is 8. The summed E-state index contributed by atoms with van der Waals surface area (Å²) in [6.07, 6.45) is 0. The molecule has 5 heteroatoms. The van der Waals surface area contributed by atoms with Gasteiger partial charge in [0.1, 0.15) is 0 Å². The van der Waals surface area contributed by atoms with Gasteiger partial charge in [-0.15, -0.1) is 0 Å². The maximum atomic E-state index is 4.80. The number of nitrogens with zero attached hydrogens (tertiary/aromatic N) is 3. The third-order valence-corrected chi connectivity index (χ3v) is 5.11. The lowest BCUT2D eigenvalue weighted by Gasteiger charge is -2.34. The van der Waals surface area contributed by atoms with Crippen molar-refractivity contribution in [2.75, 3.05) is 58.9 Å². The van der Waals surface area contributed by atoms with Gasteiger partial charge in [0.15, 0.2) is 5.96 Å². The van der Waals surface area contributed by atoms with Gasteiger partial charge in [0.25, 0.3) is 0 Å². The van der Waals surface area contributed by atoms with Gasteiger partial charge in [0.2, 0.25) is 0 Å². The van der Waals surface area contributed by atoms with Crippen LogP contribution in [0.4, 0.5) is 0 Å². The molecule has 1 aliphatic rings.